The summed E-state index contributed by atoms with van der Waals surface area (Å²) in [5.74, 6) is 2.82. The Morgan fingerprint density at radius 2 is 1.43 bits per heavy atom. The van der Waals surface area contributed by atoms with Crippen molar-refractivity contribution < 1.29 is 18.9 Å². The minimum atomic E-state index is 0.0260. The van der Waals surface area contributed by atoms with Crippen LogP contribution in [0.4, 0.5) is 0 Å². The number of aromatic nitrogens is 1. The van der Waals surface area contributed by atoms with Crippen molar-refractivity contribution in [1.82, 2.24) is 10.3 Å². The molecule has 6 heteroatoms. The van der Waals surface area contributed by atoms with Gasteiger partial charge >= 0.3 is 0 Å². The van der Waals surface area contributed by atoms with E-state index in [2.05, 4.69) is 54.7 Å². The molecule has 0 fully saturated rings. The van der Waals surface area contributed by atoms with E-state index in [4.69, 9.17) is 23.9 Å². The van der Waals surface area contributed by atoms with E-state index in [1.165, 1.54) is 5.56 Å². The minimum absolute atomic E-state index is 0.0260. The maximum absolute atomic E-state index is 5.63. The molecule has 2 atom stereocenters. The van der Waals surface area contributed by atoms with Gasteiger partial charge in [-0.1, -0.05) is 36.4 Å². The summed E-state index contributed by atoms with van der Waals surface area (Å²) in [6.45, 7) is 3.06. The molecule has 0 saturated heterocycles. The Hall–Kier alpha value is -3.77. The molecule has 0 amide bonds. The molecule has 194 valence electrons. The van der Waals surface area contributed by atoms with E-state index in [1.54, 1.807) is 28.4 Å². The van der Waals surface area contributed by atoms with Gasteiger partial charge in [-0.2, -0.15) is 0 Å². The molecular formula is C31H36N2O4. The predicted octanol–water partition coefficient (Wildman–Crippen LogP) is 6.01. The van der Waals surface area contributed by atoms with Crippen molar-refractivity contribution in [3.8, 4) is 23.0 Å². The third-order valence-electron chi connectivity index (χ3n) is 6.75. The fraction of sp³-hybridized carbons (Fsp3) is 0.323. The SMILES string of the molecule is COc1ccc(C(CCNC(C)Cc2ccccc2)c2nccc3cc(OC)c(OC)cc23)cc1OC. The first-order chi connectivity index (χ1) is 18.1. The lowest BCUT2D eigenvalue weighted by molar-refractivity contribution is 0.354. The summed E-state index contributed by atoms with van der Waals surface area (Å²) in [6.07, 6.45) is 3.70. The van der Waals surface area contributed by atoms with Crippen LogP contribution in [0, 0.1) is 0 Å². The van der Waals surface area contributed by atoms with Gasteiger partial charge in [-0.3, -0.25) is 4.98 Å². The van der Waals surface area contributed by atoms with Crippen LogP contribution in [0.25, 0.3) is 10.8 Å². The molecule has 0 aliphatic carbocycles. The first kappa shape index (κ1) is 26.3. The van der Waals surface area contributed by atoms with Crippen LogP contribution in [0.3, 0.4) is 0 Å². The van der Waals surface area contributed by atoms with Crippen LogP contribution in [-0.2, 0) is 6.42 Å². The van der Waals surface area contributed by atoms with E-state index < -0.39 is 0 Å². The number of pyridine rings is 1. The number of nitrogens with one attached hydrogen (secondary N) is 1. The second-order valence-corrected chi connectivity index (χ2v) is 9.13. The first-order valence-corrected chi connectivity index (χ1v) is 12.6. The third kappa shape index (κ3) is 6.15. The van der Waals surface area contributed by atoms with Crippen LogP contribution in [0.2, 0.25) is 0 Å². The minimum Gasteiger partial charge on any atom is -0.493 e. The van der Waals surface area contributed by atoms with Gasteiger partial charge in [0, 0.05) is 23.5 Å². The van der Waals surface area contributed by atoms with Crippen LogP contribution in [-0.4, -0.2) is 46.0 Å². The Morgan fingerprint density at radius 1 is 0.757 bits per heavy atom. The van der Waals surface area contributed by atoms with Gasteiger partial charge in [-0.15, -0.1) is 0 Å². The largest absolute Gasteiger partial charge is 0.493 e. The summed E-state index contributed by atoms with van der Waals surface area (Å²) in [4.78, 5) is 4.88. The number of ether oxygens (including phenoxy) is 4. The fourth-order valence-corrected chi connectivity index (χ4v) is 4.84. The average Bonchev–Trinajstić information content (AvgIpc) is 2.94. The molecule has 0 spiro atoms. The quantitative estimate of drug-likeness (QED) is 0.257. The Bertz CT molecular complexity index is 1310. The molecule has 0 aliphatic heterocycles. The molecule has 0 radical (unpaired) electrons. The van der Waals surface area contributed by atoms with Crippen LogP contribution >= 0.6 is 0 Å². The highest BCUT2D eigenvalue weighted by atomic mass is 16.5. The van der Waals surface area contributed by atoms with E-state index in [9.17, 15) is 0 Å². The molecule has 0 saturated carbocycles. The molecule has 1 N–H and O–H groups in total. The smallest absolute Gasteiger partial charge is 0.161 e. The van der Waals surface area contributed by atoms with Gasteiger partial charge in [0.05, 0.1) is 34.1 Å². The predicted molar refractivity (Wildman–Crippen MR) is 148 cm³/mol. The van der Waals surface area contributed by atoms with Crippen molar-refractivity contribution >= 4 is 10.8 Å². The van der Waals surface area contributed by atoms with Gasteiger partial charge in [0.15, 0.2) is 23.0 Å². The molecule has 6 nitrogen and oxygen atoms in total. The molecule has 1 aromatic heterocycles. The average molecular weight is 501 g/mol. The van der Waals surface area contributed by atoms with E-state index >= 15 is 0 Å². The highest BCUT2D eigenvalue weighted by molar-refractivity contribution is 5.88. The van der Waals surface area contributed by atoms with Gasteiger partial charge in [-0.05, 0) is 73.2 Å². The van der Waals surface area contributed by atoms with Crippen molar-refractivity contribution in [1.29, 1.82) is 0 Å². The van der Waals surface area contributed by atoms with Gasteiger partial charge in [-0.25, -0.2) is 0 Å². The standard InChI is InChI=1S/C31H36N2O4/c1-21(17-22-9-7-6-8-10-22)32-16-14-25(23-11-12-27(34-2)28(18-23)35-3)31-26-20-30(37-5)29(36-4)19-24(26)13-15-33-31/h6-13,15,18-21,25,32H,14,16-17H2,1-5H3. The highest BCUT2D eigenvalue weighted by Gasteiger charge is 2.22. The van der Waals surface area contributed by atoms with E-state index in [0.29, 0.717) is 29.0 Å². The number of nitrogens with zero attached hydrogens (tertiary/aromatic N) is 1. The maximum Gasteiger partial charge on any atom is 0.161 e. The molecule has 0 bridgehead atoms. The van der Waals surface area contributed by atoms with Crippen LogP contribution < -0.4 is 24.3 Å². The summed E-state index contributed by atoms with van der Waals surface area (Å²) >= 11 is 0. The zero-order chi connectivity index (χ0) is 26.2. The summed E-state index contributed by atoms with van der Waals surface area (Å²) in [7, 11) is 6.62. The van der Waals surface area contributed by atoms with Crippen molar-refractivity contribution in [2.24, 2.45) is 0 Å². The number of rotatable bonds is 12. The van der Waals surface area contributed by atoms with Gasteiger partial charge < -0.3 is 24.3 Å². The molecule has 4 rings (SSSR count). The lowest BCUT2D eigenvalue weighted by Gasteiger charge is -2.22. The summed E-state index contributed by atoms with van der Waals surface area (Å²) in [6, 6.07) is 23.1. The molecule has 2 unspecified atom stereocenters. The van der Waals surface area contributed by atoms with Crippen molar-refractivity contribution in [3.63, 3.8) is 0 Å². The molecule has 4 aromatic rings. The maximum atomic E-state index is 5.63. The monoisotopic (exact) mass is 500 g/mol. The summed E-state index contributed by atoms with van der Waals surface area (Å²) in [5, 5.41) is 5.81. The summed E-state index contributed by atoms with van der Waals surface area (Å²) < 4.78 is 22.3. The highest BCUT2D eigenvalue weighted by Crippen LogP contribution is 2.39. The van der Waals surface area contributed by atoms with Crippen LogP contribution in [0.15, 0.2) is 72.9 Å². The second kappa shape index (κ2) is 12.5. The van der Waals surface area contributed by atoms with Crippen LogP contribution in [0.1, 0.15) is 36.1 Å². The number of fused-ring (bicyclic) bond motifs is 1. The van der Waals surface area contributed by atoms with E-state index in [1.807, 2.05) is 30.5 Å². The Balaban J connectivity index is 1.68. The van der Waals surface area contributed by atoms with Gasteiger partial charge in [0.2, 0.25) is 0 Å². The number of methoxy groups -OCH3 is 4. The summed E-state index contributed by atoms with van der Waals surface area (Å²) in [5.41, 5.74) is 3.43. The molecule has 3 aromatic carbocycles. The zero-order valence-corrected chi connectivity index (χ0v) is 22.3. The number of hydrogen-bond acceptors (Lipinski definition) is 6. The lowest BCUT2D eigenvalue weighted by Crippen LogP contribution is -2.30. The Labute approximate surface area is 219 Å². The Morgan fingerprint density at radius 3 is 2.14 bits per heavy atom. The normalized spacial score (nSPS) is 12.7. The van der Waals surface area contributed by atoms with Crippen molar-refractivity contribution in [2.75, 3.05) is 35.0 Å². The Kier molecular flexibility index (Phi) is 8.86. The van der Waals surface area contributed by atoms with Crippen molar-refractivity contribution in [3.05, 3.63) is 89.7 Å². The molecule has 37 heavy (non-hydrogen) atoms. The first-order valence-electron chi connectivity index (χ1n) is 12.6. The van der Waals surface area contributed by atoms with E-state index in [0.717, 1.165) is 41.4 Å². The topological polar surface area (TPSA) is 61.8 Å². The molecular weight excluding hydrogens is 464 g/mol. The van der Waals surface area contributed by atoms with Crippen molar-refractivity contribution in [2.45, 2.75) is 31.7 Å². The molecule has 0 aliphatic rings. The molecule has 1 heterocycles. The van der Waals surface area contributed by atoms with Crippen LogP contribution in [0.5, 0.6) is 23.0 Å². The lowest BCUT2D eigenvalue weighted by atomic mass is 9.88. The number of benzene rings is 3. The third-order valence-corrected chi connectivity index (χ3v) is 6.75. The van der Waals surface area contributed by atoms with Gasteiger partial charge in [0.1, 0.15) is 0 Å². The number of hydrogen-bond donors (Lipinski definition) is 1. The van der Waals surface area contributed by atoms with E-state index in [-0.39, 0.29) is 5.92 Å². The van der Waals surface area contributed by atoms with Gasteiger partial charge in [0.25, 0.3) is 0 Å². The zero-order valence-electron chi connectivity index (χ0n) is 22.3. The second-order valence-electron chi connectivity index (χ2n) is 9.13. The fourth-order valence-electron chi connectivity index (χ4n) is 4.84.